The highest BCUT2D eigenvalue weighted by molar-refractivity contribution is 5.70. The summed E-state index contributed by atoms with van der Waals surface area (Å²) in [5.74, 6) is 0.482. The van der Waals surface area contributed by atoms with Crippen molar-refractivity contribution in [1.82, 2.24) is 4.90 Å². The van der Waals surface area contributed by atoms with E-state index in [1.807, 2.05) is 12.1 Å². The van der Waals surface area contributed by atoms with Crippen molar-refractivity contribution in [2.24, 2.45) is 5.92 Å². The molecule has 0 bridgehead atoms. The summed E-state index contributed by atoms with van der Waals surface area (Å²) in [6.45, 7) is 5.69. The zero-order chi connectivity index (χ0) is 20.3. The van der Waals surface area contributed by atoms with Crippen molar-refractivity contribution < 1.29 is 19.4 Å². The Morgan fingerprint density at radius 2 is 1.79 bits per heavy atom. The van der Waals surface area contributed by atoms with Crippen molar-refractivity contribution in [3.63, 3.8) is 0 Å². The number of hydrogen-bond donors (Lipinski definition) is 1. The molecule has 1 N–H and O–H groups in total. The Hall–Kier alpha value is -2.53. The third-order valence-electron chi connectivity index (χ3n) is 5.69. The van der Waals surface area contributed by atoms with Gasteiger partial charge in [0.05, 0.1) is 26.2 Å². The van der Waals surface area contributed by atoms with Crippen molar-refractivity contribution in [1.29, 1.82) is 0 Å². The van der Waals surface area contributed by atoms with Crippen molar-refractivity contribution in [3.8, 4) is 11.5 Å². The average Bonchev–Trinajstić information content (AvgIpc) is 2.69. The first-order valence-electron chi connectivity index (χ1n) is 9.71. The molecule has 2 aromatic carbocycles. The van der Waals surface area contributed by atoms with Crippen molar-refractivity contribution in [2.45, 2.75) is 32.7 Å². The van der Waals surface area contributed by atoms with Gasteiger partial charge in [-0.25, -0.2) is 0 Å². The molecule has 28 heavy (non-hydrogen) atoms. The molecular weight excluding hydrogens is 354 g/mol. The molecule has 0 spiro atoms. The average molecular weight is 383 g/mol. The van der Waals surface area contributed by atoms with Crippen LogP contribution in [0.1, 0.15) is 41.1 Å². The predicted octanol–water partition coefficient (Wildman–Crippen LogP) is 4.21. The molecule has 0 radical (unpaired) electrons. The fourth-order valence-corrected chi connectivity index (χ4v) is 4.23. The molecule has 0 amide bonds. The Morgan fingerprint density at radius 1 is 1.07 bits per heavy atom. The highest BCUT2D eigenvalue weighted by atomic mass is 16.5. The van der Waals surface area contributed by atoms with Gasteiger partial charge in [-0.1, -0.05) is 35.9 Å². The first kappa shape index (κ1) is 20.2. The summed E-state index contributed by atoms with van der Waals surface area (Å²) in [4.78, 5) is 13.8. The minimum atomic E-state index is -0.693. The van der Waals surface area contributed by atoms with Crippen molar-refractivity contribution in [3.05, 3.63) is 58.7 Å². The van der Waals surface area contributed by atoms with E-state index >= 15 is 0 Å². The third-order valence-corrected chi connectivity index (χ3v) is 5.69. The molecule has 1 saturated heterocycles. The maximum atomic E-state index is 11.4. The van der Waals surface area contributed by atoms with Gasteiger partial charge in [-0.3, -0.25) is 9.69 Å². The standard InChI is InChI=1S/C23H29NO4/c1-15-8-9-18(16(2)14-15)21(24-12-10-17(11-13-24)23(25)26)19-6-5-7-20(27-3)22(19)28-4/h5-9,14,17,21H,10-13H2,1-4H3,(H,25,26). The Labute approximate surface area is 166 Å². The number of carboxylic acid groups (broad SMARTS) is 1. The van der Waals surface area contributed by atoms with Gasteiger partial charge in [-0.2, -0.15) is 0 Å². The monoisotopic (exact) mass is 383 g/mol. The van der Waals surface area contributed by atoms with Gasteiger partial charge in [0.25, 0.3) is 0 Å². The molecule has 1 atom stereocenters. The van der Waals surface area contributed by atoms with Gasteiger partial charge in [-0.15, -0.1) is 0 Å². The van der Waals surface area contributed by atoms with E-state index in [9.17, 15) is 9.90 Å². The predicted molar refractivity (Wildman–Crippen MR) is 109 cm³/mol. The highest BCUT2D eigenvalue weighted by Gasteiger charge is 2.32. The number of aliphatic carboxylic acids is 1. The van der Waals surface area contributed by atoms with Crippen LogP contribution in [0.15, 0.2) is 36.4 Å². The number of para-hydroxylation sites is 1. The van der Waals surface area contributed by atoms with Crippen molar-refractivity contribution >= 4 is 5.97 Å². The molecule has 3 rings (SSSR count). The molecule has 1 fully saturated rings. The minimum Gasteiger partial charge on any atom is -0.493 e. The molecule has 0 aromatic heterocycles. The molecule has 1 aliphatic rings. The van der Waals surface area contributed by atoms with Crippen molar-refractivity contribution in [2.75, 3.05) is 27.3 Å². The normalized spacial score (nSPS) is 16.6. The molecule has 0 aliphatic carbocycles. The van der Waals surface area contributed by atoms with Crippen LogP contribution in [0.5, 0.6) is 11.5 Å². The van der Waals surface area contributed by atoms with Crippen LogP contribution in [-0.2, 0) is 4.79 Å². The molecule has 0 saturated carbocycles. The zero-order valence-electron chi connectivity index (χ0n) is 17.1. The number of rotatable bonds is 6. The Bertz CT molecular complexity index is 840. The SMILES string of the molecule is COc1cccc(C(c2ccc(C)cc2C)N2CCC(C(=O)O)CC2)c1OC. The molecule has 150 valence electrons. The number of methoxy groups -OCH3 is 2. The number of carbonyl (C=O) groups is 1. The number of hydrogen-bond acceptors (Lipinski definition) is 4. The molecule has 1 heterocycles. The van der Waals surface area contributed by atoms with Gasteiger partial charge in [0.15, 0.2) is 11.5 Å². The first-order valence-corrected chi connectivity index (χ1v) is 9.71. The van der Waals surface area contributed by atoms with E-state index in [0.717, 1.165) is 24.4 Å². The van der Waals surface area contributed by atoms with E-state index < -0.39 is 5.97 Å². The Kier molecular flexibility index (Phi) is 6.25. The van der Waals surface area contributed by atoms with Gasteiger partial charge in [-0.05, 0) is 57.0 Å². The van der Waals surface area contributed by atoms with Crippen LogP contribution in [0.25, 0.3) is 0 Å². The van der Waals surface area contributed by atoms with Crippen LogP contribution in [0.3, 0.4) is 0 Å². The van der Waals surface area contributed by atoms with Crippen LogP contribution < -0.4 is 9.47 Å². The minimum absolute atomic E-state index is 0.0135. The van der Waals surface area contributed by atoms with Crippen LogP contribution in [0, 0.1) is 19.8 Å². The van der Waals surface area contributed by atoms with E-state index in [-0.39, 0.29) is 12.0 Å². The summed E-state index contributed by atoms with van der Waals surface area (Å²) in [6.07, 6.45) is 1.31. The topological polar surface area (TPSA) is 59.0 Å². The summed E-state index contributed by atoms with van der Waals surface area (Å²) in [6, 6.07) is 12.5. The molecule has 5 nitrogen and oxygen atoms in total. The first-order chi connectivity index (χ1) is 13.5. The quantitative estimate of drug-likeness (QED) is 0.810. The summed E-state index contributed by atoms with van der Waals surface area (Å²) < 4.78 is 11.3. The number of piperidine rings is 1. The number of nitrogens with zero attached hydrogens (tertiary/aromatic N) is 1. The lowest BCUT2D eigenvalue weighted by atomic mass is 9.88. The summed E-state index contributed by atoms with van der Waals surface area (Å²) in [7, 11) is 3.31. The summed E-state index contributed by atoms with van der Waals surface area (Å²) >= 11 is 0. The fourth-order valence-electron chi connectivity index (χ4n) is 4.23. The van der Waals surface area contributed by atoms with Crippen LogP contribution >= 0.6 is 0 Å². The maximum Gasteiger partial charge on any atom is 0.306 e. The summed E-state index contributed by atoms with van der Waals surface area (Å²) in [5, 5.41) is 9.37. The van der Waals surface area contributed by atoms with Gasteiger partial charge < -0.3 is 14.6 Å². The zero-order valence-corrected chi connectivity index (χ0v) is 17.1. The largest absolute Gasteiger partial charge is 0.493 e. The number of benzene rings is 2. The molecule has 1 unspecified atom stereocenters. The van der Waals surface area contributed by atoms with E-state index in [1.54, 1.807) is 14.2 Å². The molecule has 1 aliphatic heterocycles. The third kappa shape index (κ3) is 3.99. The fraction of sp³-hybridized carbons (Fsp3) is 0.435. The summed E-state index contributed by atoms with van der Waals surface area (Å²) in [5.41, 5.74) is 4.70. The van der Waals surface area contributed by atoms with Crippen LogP contribution in [-0.4, -0.2) is 43.3 Å². The van der Waals surface area contributed by atoms with Crippen LogP contribution in [0.2, 0.25) is 0 Å². The van der Waals surface area contributed by atoms with E-state index in [1.165, 1.54) is 16.7 Å². The lowest BCUT2D eigenvalue weighted by Gasteiger charge is -2.38. The second kappa shape index (κ2) is 8.65. The van der Waals surface area contributed by atoms with E-state index in [0.29, 0.717) is 18.6 Å². The Balaban J connectivity index is 2.07. The molecule has 5 heteroatoms. The second-order valence-electron chi connectivity index (χ2n) is 7.49. The number of likely N-dealkylation sites (tertiary alicyclic amines) is 1. The van der Waals surface area contributed by atoms with Gasteiger partial charge in [0.1, 0.15) is 0 Å². The molecular formula is C23H29NO4. The van der Waals surface area contributed by atoms with Gasteiger partial charge in [0.2, 0.25) is 0 Å². The highest BCUT2D eigenvalue weighted by Crippen LogP contribution is 2.42. The maximum absolute atomic E-state index is 11.4. The van der Waals surface area contributed by atoms with E-state index in [2.05, 4.69) is 43.0 Å². The lowest BCUT2D eigenvalue weighted by Crippen LogP contribution is -2.39. The van der Waals surface area contributed by atoms with Crippen LogP contribution in [0.4, 0.5) is 0 Å². The Morgan fingerprint density at radius 3 is 2.36 bits per heavy atom. The van der Waals surface area contributed by atoms with Gasteiger partial charge in [0, 0.05) is 5.56 Å². The number of ether oxygens (including phenoxy) is 2. The molecule has 2 aromatic rings. The number of aryl methyl sites for hydroxylation is 2. The van der Waals surface area contributed by atoms with Gasteiger partial charge >= 0.3 is 5.97 Å². The second-order valence-corrected chi connectivity index (χ2v) is 7.49. The van der Waals surface area contributed by atoms with E-state index in [4.69, 9.17) is 9.47 Å². The smallest absolute Gasteiger partial charge is 0.306 e. The number of carboxylic acids is 1. The lowest BCUT2D eigenvalue weighted by molar-refractivity contribution is -0.143.